The van der Waals surface area contributed by atoms with E-state index in [1.807, 2.05) is 0 Å². The number of carbonyl (C=O) groups is 1. The first-order chi connectivity index (χ1) is 9.22. The van der Waals surface area contributed by atoms with Crippen molar-refractivity contribution < 1.29 is 4.79 Å². The van der Waals surface area contributed by atoms with Crippen molar-refractivity contribution in [1.29, 1.82) is 0 Å². The lowest BCUT2D eigenvalue weighted by Crippen LogP contribution is -2.22. The van der Waals surface area contributed by atoms with Gasteiger partial charge in [-0.2, -0.15) is 0 Å². The third-order valence-corrected chi connectivity index (χ3v) is 4.70. The molecule has 0 spiro atoms. The van der Waals surface area contributed by atoms with Crippen molar-refractivity contribution in [2.45, 2.75) is 50.3 Å². The Kier molecular flexibility index (Phi) is 5.44. The summed E-state index contributed by atoms with van der Waals surface area (Å²) in [6.45, 7) is 3.01. The lowest BCUT2D eigenvalue weighted by Gasteiger charge is -2.13. The van der Waals surface area contributed by atoms with E-state index >= 15 is 0 Å². The van der Waals surface area contributed by atoms with Crippen LogP contribution in [0.3, 0.4) is 0 Å². The Morgan fingerprint density at radius 3 is 3.00 bits per heavy atom. The summed E-state index contributed by atoms with van der Waals surface area (Å²) in [7, 11) is 0. The zero-order chi connectivity index (χ0) is 13.7. The van der Waals surface area contributed by atoms with Crippen LogP contribution in [0.2, 0.25) is 0 Å². The van der Waals surface area contributed by atoms with E-state index in [1.54, 1.807) is 0 Å². The van der Waals surface area contributed by atoms with Gasteiger partial charge in [0.05, 0.1) is 0 Å². The number of halogens is 1. The molecule has 2 rings (SSSR count). The van der Waals surface area contributed by atoms with Gasteiger partial charge in [0.1, 0.15) is 0 Å². The van der Waals surface area contributed by atoms with Crippen LogP contribution in [0.15, 0.2) is 18.2 Å². The van der Waals surface area contributed by atoms with Crippen LogP contribution in [-0.4, -0.2) is 12.5 Å². The Labute approximate surface area is 124 Å². The summed E-state index contributed by atoms with van der Waals surface area (Å²) in [5, 5.41) is 2.96. The van der Waals surface area contributed by atoms with Gasteiger partial charge in [-0.05, 0) is 36.5 Å². The number of carbonyl (C=O) groups excluding carboxylic acids is 1. The lowest BCUT2D eigenvalue weighted by atomic mass is 9.98. The molecule has 1 aromatic rings. The number of nitrogens with one attached hydrogen (secondary N) is 1. The van der Waals surface area contributed by atoms with E-state index < -0.39 is 0 Å². The van der Waals surface area contributed by atoms with Crippen LogP contribution < -0.4 is 5.32 Å². The van der Waals surface area contributed by atoms with E-state index in [9.17, 15) is 4.79 Å². The molecule has 0 aromatic heterocycles. The summed E-state index contributed by atoms with van der Waals surface area (Å²) in [5.74, 6) is 0.0857. The molecule has 0 radical (unpaired) electrons. The van der Waals surface area contributed by atoms with Crippen LogP contribution in [-0.2, 0) is 6.42 Å². The minimum absolute atomic E-state index is 0.0857. The van der Waals surface area contributed by atoms with E-state index in [-0.39, 0.29) is 5.91 Å². The topological polar surface area (TPSA) is 29.1 Å². The van der Waals surface area contributed by atoms with Crippen molar-refractivity contribution in [3.8, 4) is 0 Å². The second-order valence-electron chi connectivity index (χ2n) is 5.24. The number of hydrogen-bond donors (Lipinski definition) is 1. The number of benzene rings is 1. The van der Waals surface area contributed by atoms with Gasteiger partial charge in [0.2, 0.25) is 0 Å². The molecule has 3 heteroatoms. The van der Waals surface area contributed by atoms with Crippen molar-refractivity contribution in [3.63, 3.8) is 0 Å². The second kappa shape index (κ2) is 7.09. The van der Waals surface area contributed by atoms with Gasteiger partial charge in [-0.1, -0.05) is 54.2 Å². The van der Waals surface area contributed by atoms with Gasteiger partial charge in [-0.15, -0.1) is 0 Å². The zero-order valence-corrected chi connectivity index (χ0v) is 13.1. The molecule has 0 fully saturated rings. The molecular formula is C16H22BrNO. The Morgan fingerprint density at radius 2 is 2.21 bits per heavy atom. The third kappa shape index (κ3) is 3.82. The average molecular weight is 324 g/mol. The van der Waals surface area contributed by atoms with E-state index in [4.69, 9.17) is 0 Å². The average Bonchev–Trinajstić information content (AvgIpc) is 2.61. The lowest BCUT2D eigenvalue weighted by molar-refractivity contribution is 0.0956. The number of unbranched alkanes of at least 4 members (excludes halogenated alkanes) is 2. The smallest absolute Gasteiger partial charge is 0.251 e. The molecule has 1 aliphatic rings. The molecule has 1 aromatic carbocycles. The number of aryl methyl sites for hydroxylation is 1. The number of amides is 1. The van der Waals surface area contributed by atoms with Gasteiger partial charge >= 0.3 is 0 Å². The highest BCUT2D eigenvalue weighted by Crippen LogP contribution is 2.30. The molecular weight excluding hydrogens is 302 g/mol. The molecule has 1 N–H and O–H groups in total. The number of rotatable bonds is 5. The SMILES string of the molecule is CCCCCC(Br)c1ccc2c(c1)C(=O)NCCC2. The van der Waals surface area contributed by atoms with Gasteiger partial charge in [0, 0.05) is 16.9 Å². The van der Waals surface area contributed by atoms with Crippen LogP contribution in [0.1, 0.15) is 65.3 Å². The molecule has 0 aliphatic carbocycles. The molecule has 19 heavy (non-hydrogen) atoms. The van der Waals surface area contributed by atoms with E-state index in [0.29, 0.717) is 4.83 Å². The highest BCUT2D eigenvalue weighted by atomic mass is 79.9. The fourth-order valence-electron chi connectivity index (χ4n) is 2.53. The van der Waals surface area contributed by atoms with E-state index in [0.717, 1.165) is 31.4 Å². The summed E-state index contributed by atoms with van der Waals surface area (Å²) >= 11 is 3.75. The van der Waals surface area contributed by atoms with Crippen molar-refractivity contribution >= 4 is 21.8 Å². The molecule has 1 amide bonds. The highest BCUT2D eigenvalue weighted by Gasteiger charge is 2.17. The van der Waals surface area contributed by atoms with Crippen molar-refractivity contribution in [2.75, 3.05) is 6.54 Å². The van der Waals surface area contributed by atoms with E-state index in [1.165, 1.54) is 30.4 Å². The molecule has 0 bridgehead atoms. The normalized spacial score (nSPS) is 16.4. The number of hydrogen-bond acceptors (Lipinski definition) is 1. The van der Waals surface area contributed by atoms with Crippen LogP contribution in [0, 0.1) is 0 Å². The Bertz CT molecular complexity index is 444. The molecule has 1 heterocycles. The maximum Gasteiger partial charge on any atom is 0.251 e. The maximum atomic E-state index is 12.0. The first kappa shape index (κ1) is 14.6. The zero-order valence-electron chi connectivity index (χ0n) is 11.5. The predicted molar refractivity (Wildman–Crippen MR) is 82.9 cm³/mol. The van der Waals surface area contributed by atoms with Crippen LogP contribution in [0.25, 0.3) is 0 Å². The quantitative estimate of drug-likeness (QED) is 0.632. The van der Waals surface area contributed by atoms with Crippen LogP contribution in [0.5, 0.6) is 0 Å². The summed E-state index contributed by atoms with van der Waals surface area (Å²) in [6.07, 6.45) is 6.91. The van der Waals surface area contributed by atoms with Gasteiger partial charge < -0.3 is 5.32 Å². The van der Waals surface area contributed by atoms with Crippen LogP contribution >= 0.6 is 15.9 Å². The fraction of sp³-hybridized carbons (Fsp3) is 0.562. The predicted octanol–water partition coefficient (Wildman–Crippen LogP) is 4.38. The monoisotopic (exact) mass is 323 g/mol. The summed E-state index contributed by atoms with van der Waals surface area (Å²) < 4.78 is 0. The molecule has 1 aliphatic heterocycles. The molecule has 1 unspecified atom stereocenters. The Morgan fingerprint density at radius 1 is 1.37 bits per heavy atom. The fourth-order valence-corrected chi connectivity index (χ4v) is 3.14. The second-order valence-corrected chi connectivity index (χ2v) is 6.34. The first-order valence-corrected chi connectivity index (χ1v) is 8.19. The molecule has 0 saturated heterocycles. The maximum absolute atomic E-state index is 12.0. The Hall–Kier alpha value is -0.830. The van der Waals surface area contributed by atoms with E-state index in [2.05, 4.69) is 46.4 Å². The summed E-state index contributed by atoms with van der Waals surface area (Å²) in [6, 6.07) is 6.37. The van der Waals surface area contributed by atoms with Gasteiger partial charge in [-0.25, -0.2) is 0 Å². The third-order valence-electron chi connectivity index (χ3n) is 3.71. The van der Waals surface area contributed by atoms with Gasteiger partial charge in [0.25, 0.3) is 5.91 Å². The molecule has 104 valence electrons. The van der Waals surface area contributed by atoms with Crippen molar-refractivity contribution in [2.24, 2.45) is 0 Å². The van der Waals surface area contributed by atoms with Gasteiger partial charge in [0.15, 0.2) is 0 Å². The molecule has 0 saturated carbocycles. The number of alkyl halides is 1. The Balaban J connectivity index is 2.12. The van der Waals surface area contributed by atoms with Gasteiger partial charge in [-0.3, -0.25) is 4.79 Å². The highest BCUT2D eigenvalue weighted by molar-refractivity contribution is 9.09. The minimum Gasteiger partial charge on any atom is -0.352 e. The van der Waals surface area contributed by atoms with Crippen molar-refractivity contribution in [1.82, 2.24) is 5.32 Å². The minimum atomic E-state index is 0.0857. The first-order valence-electron chi connectivity index (χ1n) is 7.27. The van der Waals surface area contributed by atoms with Crippen molar-refractivity contribution in [3.05, 3.63) is 34.9 Å². The standard InChI is InChI=1S/C16H22BrNO/c1-2-3-4-7-15(17)13-9-8-12-6-5-10-18-16(19)14(12)11-13/h8-9,11,15H,2-7,10H2,1H3,(H,18,19). The summed E-state index contributed by atoms with van der Waals surface area (Å²) in [4.78, 5) is 12.4. The largest absolute Gasteiger partial charge is 0.352 e. The summed E-state index contributed by atoms with van der Waals surface area (Å²) in [5.41, 5.74) is 3.29. The molecule has 1 atom stereocenters. The molecule has 2 nitrogen and oxygen atoms in total. The number of fused-ring (bicyclic) bond motifs is 1. The van der Waals surface area contributed by atoms with Crippen LogP contribution in [0.4, 0.5) is 0 Å².